The van der Waals surface area contributed by atoms with Crippen molar-refractivity contribution in [3.05, 3.63) is 57.2 Å². The Balaban J connectivity index is 1.29. The lowest BCUT2D eigenvalue weighted by Crippen LogP contribution is -2.49. The number of hydrogen-bond acceptors (Lipinski definition) is 7. The van der Waals surface area contributed by atoms with Gasteiger partial charge in [-0.2, -0.15) is 9.61 Å². The van der Waals surface area contributed by atoms with Gasteiger partial charge in [0.2, 0.25) is 4.96 Å². The minimum absolute atomic E-state index is 0.0720. The van der Waals surface area contributed by atoms with E-state index in [4.69, 9.17) is 4.74 Å². The van der Waals surface area contributed by atoms with Crippen LogP contribution >= 0.6 is 11.3 Å². The normalized spacial score (nSPS) is 15.0. The minimum Gasteiger partial charge on any atom is -0.484 e. The van der Waals surface area contributed by atoms with Gasteiger partial charge < -0.3 is 9.64 Å². The van der Waals surface area contributed by atoms with Gasteiger partial charge in [-0.05, 0) is 31.2 Å². The molecule has 0 aliphatic carbocycles. The van der Waals surface area contributed by atoms with Gasteiger partial charge in [0.05, 0.1) is 6.54 Å². The van der Waals surface area contributed by atoms with Crippen molar-refractivity contribution in [1.29, 1.82) is 0 Å². The van der Waals surface area contributed by atoms with Crippen LogP contribution in [0.5, 0.6) is 5.75 Å². The minimum atomic E-state index is -0.344. The molecule has 1 fully saturated rings. The smallest absolute Gasteiger partial charge is 0.275 e. The van der Waals surface area contributed by atoms with Crippen molar-refractivity contribution in [2.24, 2.45) is 0 Å². The monoisotopic (exact) mass is 417 g/mol. The summed E-state index contributed by atoms with van der Waals surface area (Å²) in [7, 11) is 0. The van der Waals surface area contributed by atoms with Gasteiger partial charge in [0.25, 0.3) is 11.5 Å². The van der Waals surface area contributed by atoms with E-state index in [1.165, 1.54) is 46.2 Å². The number of hydrogen-bond donors (Lipinski definition) is 0. The van der Waals surface area contributed by atoms with Gasteiger partial charge in [0.15, 0.2) is 6.61 Å². The molecule has 0 saturated carbocycles. The highest BCUT2D eigenvalue weighted by molar-refractivity contribution is 7.16. The second-order valence-corrected chi connectivity index (χ2v) is 7.87. The average molecular weight is 417 g/mol. The fourth-order valence-electron chi connectivity index (χ4n) is 3.14. The Morgan fingerprint density at radius 3 is 2.66 bits per heavy atom. The number of fused-ring (bicyclic) bond motifs is 1. The molecule has 0 unspecified atom stereocenters. The van der Waals surface area contributed by atoms with E-state index in [1.54, 1.807) is 11.8 Å². The quantitative estimate of drug-likeness (QED) is 0.623. The third-order valence-corrected chi connectivity index (χ3v) is 5.57. The maximum absolute atomic E-state index is 12.9. The summed E-state index contributed by atoms with van der Waals surface area (Å²) in [5, 5.41) is 5.18. The molecule has 0 bridgehead atoms. The summed E-state index contributed by atoms with van der Waals surface area (Å²) in [4.78, 5) is 33.2. The first kappa shape index (κ1) is 19.5. The van der Waals surface area contributed by atoms with Crippen LogP contribution in [0.1, 0.15) is 10.7 Å². The Labute approximate surface area is 170 Å². The van der Waals surface area contributed by atoms with Crippen LogP contribution in [0.3, 0.4) is 0 Å². The van der Waals surface area contributed by atoms with Gasteiger partial charge in [-0.3, -0.25) is 14.5 Å². The first-order valence-electron chi connectivity index (χ1n) is 9.23. The molecule has 2 aromatic heterocycles. The molecule has 152 valence electrons. The molecule has 10 heteroatoms. The van der Waals surface area contributed by atoms with Crippen molar-refractivity contribution >= 4 is 22.2 Å². The molecule has 3 aromatic rings. The van der Waals surface area contributed by atoms with Crippen molar-refractivity contribution in [3.63, 3.8) is 0 Å². The molecule has 1 aliphatic heterocycles. The molecule has 0 N–H and O–H groups in total. The lowest BCUT2D eigenvalue weighted by Gasteiger charge is -2.34. The summed E-state index contributed by atoms with van der Waals surface area (Å²) in [6, 6.07) is 7.06. The van der Waals surface area contributed by atoms with Crippen LogP contribution in [0.4, 0.5) is 4.39 Å². The Hall–Kier alpha value is -2.85. The summed E-state index contributed by atoms with van der Waals surface area (Å²) in [5.41, 5.74) is 0.506. The van der Waals surface area contributed by atoms with Crippen LogP contribution in [-0.4, -0.2) is 63.1 Å². The van der Waals surface area contributed by atoms with Gasteiger partial charge in [-0.15, -0.1) is 0 Å². The summed E-state index contributed by atoms with van der Waals surface area (Å²) < 4.78 is 19.7. The highest BCUT2D eigenvalue weighted by Crippen LogP contribution is 2.15. The van der Waals surface area contributed by atoms with Crippen LogP contribution in [0.15, 0.2) is 35.1 Å². The average Bonchev–Trinajstić information content (AvgIpc) is 3.10. The van der Waals surface area contributed by atoms with E-state index in [0.29, 0.717) is 49.1 Å². The van der Waals surface area contributed by atoms with E-state index >= 15 is 0 Å². The molecule has 1 aromatic carbocycles. The molecule has 1 saturated heterocycles. The molecule has 0 spiro atoms. The molecule has 1 amide bonds. The largest absolute Gasteiger partial charge is 0.484 e. The van der Waals surface area contributed by atoms with Crippen molar-refractivity contribution in [2.45, 2.75) is 13.5 Å². The predicted octanol–water partition coefficient (Wildman–Crippen LogP) is 1.32. The lowest BCUT2D eigenvalue weighted by atomic mass is 10.3. The highest BCUT2D eigenvalue weighted by atomic mass is 32.1. The number of aryl methyl sites for hydroxylation is 1. The van der Waals surface area contributed by atoms with E-state index in [2.05, 4.69) is 15.0 Å². The van der Waals surface area contributed by atoms with Gasteiger partial charge >= 0.3 is 0 Å². The van der Waals surface area contributed by atoms with Crippen molar-refractivity contribution in [2.75, 3.05) is 32.8 Å². The zero-order valence-corrected chi connectivity index (χ0v) is 16.7. The molecule has 0 atom stereocenters. The number of benzene rings is 1. The first-order chi connectivity index (χ1) is 14.0. The Morgan fingerprint density at radius 1 is 1.21 bits per heavy atom. The third-order valence-electron chi connectivity index (χ3n) is 4.67. The number of ether oxygens (including phenoxy) is 1. The Kier molecular flexibility index (Phi) is 5.54. The summed E-state index contributed by atoms with van der Waals surface area (Å²) >= 11 is 1.40. The Morgan fingerprint density at radius 2 is 1.93 bits per heavy atom. The van der Waals surface area contributed by atoms with Gasteiger partial charge in [-0.25, -0.2) is 9.37 Å². The van der Waals surface area contributed by atoms with E-state index in [-0.39, 0.29) is 23.9 Å². The van der Waals surface area contributed by atoms with E-state index in [9.17, 15) is 14.0 Å². The highest BCUT2D eigenvalue weighted by Gasteiger charge is 2.22. The van der Waals surface area contributed by atoms with E-state index in [1.807, 2.05) is 0 Å². The predicted molar refractivity (Wildman–Crippen MR) is 106 cm³/mol. The molecule has 1 aliphatic rings. The Bertz CT molecular complexity index is 1070. The van der Waals surface area contributed by atoms with Crippen molar-refractivity contribution < 1.29 is 13.9 Å². The molecular formula is C19H20FN5O3S. The number of rotatable bonds is 5. The number of halogens is 1. The molecule has 0 radical (unpaired) electrons. The van der Waals surface area contributed by atoms with Crippen LogP contribution in [0, 0.1) is 12.7 Å². The SMILES string of the molecule is Cc1cc(=O)n2nc(CN3CCN(C(=O)COc4ccc(F)cc4)CC3)sc2n1. The van der Waals surface area contributed by atoms with Crippen LogP contribution in [0.25, 0.3) is 4.96 Å². The second-order valence-electron chi connectivity index (χ2n) is 6.83. The second kappa shape index (κ2) is 8.26. The molecule has 3 heterocycles. The summed E-state index contributed by atoms with van der Waals surface area (Å²) in [5.74, 6) is 0.0252. The van der Waals surface area contributed by atoms with E-state index in [0.717, 1.165) is 5.01 Å². The zero-order valence-electron chi connectivity index (χ0n) is 15.9. The zero-order chi connectivity index (χ0) is 20.4. The van der Waals surface area contributed by atoms with Gasteiger partial charge in [0.1, 0.15) is 16.6 Å². The standard InChI is InChI=1S/C19H20FN5O3S/c1-13-10-17(26)25-19(21-13)29-16(22-25)11-23-6-8-24(9-7-23)18(27)12-28-15-4-2-14(20)3-5-15/h2-5,10H,6-9,11-12H2,1H3. The van der Waals surface area contributed by atoms with Gasteiger partial charge in [0, 0.05) is 37.9 Å². The van der Waals surface area contributed by atoms with E-state index < -0.39 is 0 Å². The van der Waals surface area contributed by atoms with Crippen molar-refractivity contribution in [3.8, 4) is 5.75 Å². The number of amides is 1. The first-order valence-corrected chi connectivity index (χ1v) is 10.0. The summed E-state index contributed by atoms with van der Waals surface area (Å²) in [6.45, 7) is 4.93. The number of piperazine rings is 1. The maximum atomic E-state index is 12.9. The number of carbonyl (C=O) groups excluding carboxylic acids is 1. The maximum Gasteiger partial charge on any atom is 0.275 e. The third kappa shape index (κ3) is 4.60. The summed E-state index contributed by atoms with van der Waals surface area (Å²) in [6.07, 6.45) is 0. The molecule has 4 rings (SSSR count). The van der Waals surface area contributed by atoms with Crippen LogP contribution in [0.2, 0.25) is 0 Å². The fraction of sp³-hybridized carbons (Fsp3) is 0.368. The number of carbonyl (C=O) groups is 1. The number of aromatic nitrogens is 3. The lowest BCUT2D eigenvalue weighted by molar-refractivity contribution is -0.135. The van der Waals surface area contributed by atoms with Crippen molar-refractivity contribution in [1.82, 2.24) is 24.4 Å². The van der Waals surface area contributed by atoms with Gasteiger partial charge in [-0.1, -0.05) is 11.3 Å². The van der Waals surface area contributed by atoms with Crippen LogP contribution < -0.4 is 10.3 Å². The molecule has 8 nitrogen and oxygen atoms in total. The number of nitrogens with zero attached hydrogens (tertiary/aromatic N) is 5. The molecule has 29 heavy (non-hydrogen) atoms. The van der Waals surface area contributed by atoms with Crippen LogP contribution in [-0.2, 0) is 11.3 Å². The molecular weight excluding hydrogens is 397 g/mol. The fourth-order valence-corrected chi connectivity index (χ4v) is 4.13. The topological polar surface area (TPSA) is 80.0 Å².